The van der Waals surface area contributed by atoms with Crippen LogP contribution in [0.5, 0.6) is 0 Å². The summed E-state index contributed by atoms with van der Waals surface area (Å²) in [5.74, 6) is 1.07. The van der Waals surface area contributed by atoms with Crippen LogP contribution in [0.25, 0.3) is 0 Å². The summed E-state index contributed by atoms with van der Waals surface area (Å²) in [5.41, 5.74) is 5.67. The van der Waals surface area contributed by atoms with Gasteiger partial charge in [-0.2, -0.15) is 0 Å². The Bertz CT molecular complexity index is 427. The van der Waals surface area contributed by atoms with Gasteiger partial charge in [-0.3, -0.25) is 0 Å². The Hall–Kier alpha value is -1.02. The van der Waals surface area contributed by atoms with Gasteiger partial charge in [0.1, 0.15) is 29.2 Å². The molecule has 7 heteroatoms. The predicted octanol–water partition coefficient (Wildman–Crippen LogP) is 0.762. The van der Waals surface area contributed by atoms with E-state index in [4.69, 9.17) is 19.9 Å². The van der Waals surface area contributed by atoms with Gasteiger partial charge < -0.3 is 24.8 Å². The molecule has 6 nitrogen and oxygen atoms in total. The topological polar surface area (TPSA) is 69.3 Å². The van der Waals surface area contributed by atoms with Gasteiger partial charge in [0, 0.05) is 27.5 Å². The first-order valence-electron chi connectivity index (χ1n) is 6.32. The summed E-state index contributed by atoms with van der Waals surface area (Å²) in [6.07, 6.45) is 3.50. The summed E-state index contributed by atoms with van der Waals surface area (Å²) in [7, 11) is 5.07. The SMILES string of the molecule is C=C1N=C(N)C=CN1[C@@H]1S[C@H](COC)C(OC)[C@@H]1OC. The van der Waals surface area contributed by atoms with Crippen molar-refractivity contribution in [2.45, 2.75) is 22.8 Å². The number of rotatable bonds is 5. The van der Waals surface area contributed by atoms with Crippen LogP contribution in [-0.2, 0) is 14.2 Å². The molecule has 1 fully saturated rings. The van der Waals surface area contributed by atoms with Gasteiger partial charge in [-0.15, -0.1) is 11.8 Å². The molecule has 2 rings (SSSR count). The smallest absolute Gasteiger partial charge is 0.128 e. The van der Waals surface area contributed by atoms with Gasteiger partial charge >= 0.3 is 0 Å². The highest BCUT2D eigenvalue weighted by Gasteiger charge is 2.47. The molecule has 0 spiro atoms. The number of hydrogen-bond acceptors (Lipinski definition) is 7. The number of amidine groups is 1. The van der Waals surface area contributed by atoms with Crippen LogP contribution >= 0.6 is 11.8 Å². The van der Waals surface area contributed by atoms with E-state index in [-0.39, 0.29) is 22.8 Å². The van der Waals surface area contributed by atoms with Gasteiger partial charge in [-0.25, -0.2) is 4.99 Å². The summed E-state index contributed by atoms with van der Waals surface area (Å²) >= 11 is 1.74. The molecule has 2 aliphatic heterocycles. The molecule has 0 amide bonds. The maximum absolute atomic E-state index is 5.67. The second-order valence-corrected chi connectivity index (χ2v) is 5.96. The summed E-state index contributed by atoms with van der Waals surface area (Å²) in [6, 6.07) is 0. The van der Waals surface area contributed by atoms with E-state index >= 15 is 0 Å². The van der Waals surface area contributed by atoms with E-state index in [1.807, 2.05) is 11.1 Å². The Morgan fingerprint density at radius 1 is 1.35 bits per heavy atom. The molecule has 0 aliphatic carbocycles. The average Bonchev–Trinajstić information content (AvgIpc) is 2.76. The Morgan fingerprint density at radius 3 is 2.60 bits per heavy atom. The van der Waals surface area contributed by atoms with Crippen molar-refractivity contribution in [1.29, 1.82) is 0 Å². The van der Waals surface area contributed by atoms with E-state index in [9.17, 15) is 0 Å². The van der Waals surface area contributed by atoms with E-state index in [1.165, 1.54) is 0 Å². The zero-order valence-electron chi connectivity index (χ0n) is 12.0. The molecule has 2 N–H and O–H groups in total. The number of aliphatic imine (C=N–C) groups is 1. The quantitative estimate of drug-likeness (QED) is 0.808. The van der Waals surface area contributed by atoms with Gasteiger partial charge in [-0.05, 0) is 6.08 Å². The van der Waals surface area contributed by atoms with Gasteiger partial charge in [0.2, 0.25) is 0 Å². The van der Waals surface area contributed by atoms with Crippen molar-refractivity contribution in [2.24, 2.45) is 10.7 Å². The van der Waals surface area contributed by atoms with E-state index in [1.54, 1.807) is 39.2 Å². The molecule has 0 saturated carbocycles. The molecular weight excluding hydrogens is 278 g/mol. The monoisotopic (exact) mass is 299 g/mol. The third-order valence-electron chi connectivity index (χ3n) is 3.40. The van der Waals surface area contributed by atoms with Crippen LogP contribution in [0.4, 0.5) is 0 Å². The number of hydrogen-bond donors (Lipinski definition) is 1. The van der Waals surface area contributed by atoms with Crippen molar-refractivity contribution in [3.8, 4) is 0 Å². The molecule has 20 heavy (non-hydrogen) atoms. The first-order chi connectivity index (χ1) is 9.62. The predicted molar refractivity (Wildman–Crippen MR) is 80.4 cm³/mol. The van der Waals surface area contributed by atoms with Crippen LogP contribution in [0.1, 0.15) is 0 Å². The Kier molecular flexibility index (Phi) is 5.09. The molecule has 2 aliphatic rings. The van der Waals surface area contributed by atoms with Crippen molar-refractivity contribution < 1.29 is 14.2 Å². The third-order valence-corrected chi connectivity index (χ3v) is 4.93. The van der Waals surface area contributed by atoms with Crippen molar-refractivity contribution in [2.75, 3.05) is 27.9 Å². The highest BCUT2D eigenvalue weighted by atomic mass is 32.2. The van der Waals surface area contributed by atoms with Gasteiger partial charge in [0.15, 0.2) is 0 Å². The lowest BCUT2D eigenvalue weighted by Crippen LogP contribution is -2.43. The number of ether oxygens (including phenoxy) is 3. The molecule has 0 aromatic carbocycles. The normalized spacial score (nSPS) is 33.6. The van der Waals surface area contributed by atoms with E-state index < -0.39 is 0 Å². The Morgan fingerprint density at radius 2 is 2.05 bits per heavy atom. The minimum absolute atomic E-state index is 0.0331. The minimum Gasteiger partial charge on any atom is -0.384 e. The highest BCUT2D eigenvalue weighted by Crippen LogP contribution is 2.41. The van der Waals surface area contributed by atoms with E-state index in [0.29, 0.717) is 18.3 Å². The van der Waals surface area contributed by atoms with Crippen LogP contribution in [0.15, 0.2) is 29.7 Å². The average molecular weight is 299 g/mol. The number of methoxy groups -OCH3 is 3. The summed E-state index contributed by atoms with van der Waals surface area (Å²) in [4.78, 5) is 6.17. The van der Waals surface area contributed by atoms with Crippen LogP contribution in [0.2, 0.25) is 0 Å². The molecule has 2 heterocycles. The zero-order valence-corrected chi connectivity index (χ0v) is 12.8. The highest BCUT2D eigenvalue weighted by molar-refractivity contribution is 8.00. The fraction of sp³-hybridized carbons (Fsp3) is 0.615. The van der Waals surface area contributed by atoms with Gasteiger partial charge in [-0.1, -0.05) is 6.58 Å². The lowest BCUT2D eigenvalue weighted by atomic mass is 10.1. The third kappa shape index (κ3) is 2.85. The maximum Gasteiger partial charge on any atom is 0.128 e. The molecular formula is C13H21N3O3S. The molecule has 0 aromatic rings. The number of nitrogens with zero attached hydrogens (tertiary/aromatic N) is 2. The van der Waals surface area contributed by atoms with Gasteiger partial charge in [0.05, 0.1) is 11.9 Å². The van der Waals surface area contributed by atoms with Crippen molar-refractivity contribution in [3.63, 3.8) is 0 Å². The summed E-state index contributed by atoms with van der Waals surface area (Å²) in [6.45, 7) is 4.55. The first kappa shape index (κ1) is 15.4. The summed E-state index contributed by atoms with van der Waals surface area (Å²) in [5, 5.41) is 0.232. The van der Waals surface area contributed by atoms with Crippen LogP contribution < -0.4 is 5.73 Å². The minimum atomic E-state index is -0.0962. The Labute approximate surface area is 123 Å². The van der Waals surface area contributed by atoms with Crippen LogP contribution in [-0.4, -0.2) is 61.5 Å². The van der Waals surface area contributed by atoms with Crippen LogP contribution in [0.3, 0.4) is 0 Å². The first-order valence-corrected chi connectivity index (χ1v) is 7.26. The molecule has 1 unspecified atom stereocenters. The second kappa shape index (κ2) is 6.62. The van der Waals surface area contributed by atoms with E-state index in [0.717, 1.165) is 0 Å². The Balaban J connectivity index is 2.19. The molecule has 4 atom stereocenters. The van der Waals surface area contributed by atoms with Crippen LogP contribution in [0, 0.1) is 0 Å². The van der Waals surface area contributed by atoms with Crippen molar-refractivity contribution in [3.05, 3.63) is 24.7 Å². The fourth-order valence-electron chi connectivity index (χ4n) is 2.48. The lowest BCUT2D eigenvalue weighted by Gasteiger charge is -2.32. The van der Waals surface area contributed by atoms with Crippen molar-refractivity contribution in [1.82, 2.24) is 4.90 Å². The molecule has 0 aromatic heterocycles. The van der Waals surface area contributed by atoms with Gasteiger partial charge in [0.25, 0.3) is 0 Å². The standard InChI is InChI=1S/C13H21N3O3S/c1-8-15-10(14)5-6-16(8)13-12(19-4)11(18-3)9(20-13)7-17-2/h5-6,9,11-13H,1,7H2,2-4H3,(H2,14,15)/t9-,11?,12+,13-/m1/s1. The largest absolute Gasteiger partial charge is 0.384 e. The molecule has 0 radical (unpaired) electrons. The second-order valence-electron chi connectivity index (χ2n) is 4.60. The number of thioether (sulfide) groups is 1. The molecule has 112 valence electrons. The zero-order chi connectivity index (χ0) is 14.7. The number of nitrogens with two attached hydrogens (primary N) is 1. The lowest BCUT2D eigenvalue weighted by molar-refractivity contribution is -0.0465. The fourth-order valence-corrected chi connectivity index (χ4v) is 4.22. The molecule has 0 bridgehead atoms. The van der Waals surface area contributed by atoms with Crippen molar-refractivity contribution >= 4 is 17.6 Å². The maximum atomic E-state index is 5.67. The summed E-state index contributed by atoms with van der Waals surface area (Å²) < 4.78 is 16.5. The van der Waals surface area contributed by atoms with E-state index in [2.05, 4.69) is 11.6 Å². The molecule has 1 saturated heterocycles.